The van der Waals surface area contributed by atoms with Crippen molar-refractivity contribution >= 4 is 46.1 Å². The van der Waals surface area contributed by atoms with Gasteiger partial charge in [0.15, 0.2) is 11.5 Å². The summed E-state index contributed by atoms with van der Waals surface area (Å²) in [6, 6.07) is 10.4. The van der Waals surface area contributed by atoms with E-state index in [1.165, 1.54) is 4.52 Å². The summed E-state index contributed by atoms with van der Waals surface area (Å²) in [5.41, 5.74) is 9.40. The van der Waals surface area contributed by atoms with Gasteiger partial charge in [-0.3, -0.25) is 19.1 Å². The molecule has 0 bridgehead atoms. The van der Waals surface area contributed by atoms with Gasteiger partial charge in [0.2, 0.25) is 0 Å². The van der Waals surface area contributed by atoms with Crippen LogP contribution in [-0.2, 0) is 0 Å². The minimum Gasteiger partial charge on any atom is -0.381 e. The summed E-state index contributed by atoms with van der Waals surface area (Å²) in [7, 11) is 0. The van der Waals surface area contributed by atoms with Crippen molar-refractivity contribution in [3.8, 4) is 0 Å². The first-order valence-corrected chi connectivity index (χ1v) is 13.3. The van der Waals surface area contributed by atoms with Crippen molar-refractivity contribution in [2.24, 2.45) is 5.92 Å². The number of anilines is 1. The lowest BCUT2D eigenvalue weighted by Crippen LogP contribution is -2.35. The molecule has 2 atom stereocenters. The van der Waals surface area contributed by atoms with Gasteiger partial charge in [-0.2, -0.15) is 0 Å². The second kappa shape index (κ2) is 10.6. The Morgan fingerprint density at radius 3 is 2.85 bits per heavy atom. The van der Waals surface area contributed by atoms with E-state index in [-0.39, 0.29) is 22.9 Å². The molecule has 0 spiro atoms. The Bertz CT molecular complexity index is 1940. The van der Waals surface area contributed by atoms with Crippen molar-refractivity contribution in [2.45, 2.75) is 26.3 Å². The summed E-state index contributed by atoms with van der Waals surface area (Å²) in [5.74, 6) is 0.0937. The third-order valence-electron chi connectivity index (χ3n) is 7.14. The van der Waals surface area contributed by atoms with Crippen molar-refractivity contribution < 1.29 is 4.79 Å². The number of aromatic nitrogens is 6. The van der Waals surface area contributed by atoms with Crippen LogP contribution in [-0.4, -0.2) is 35.0 Å². The number of hydrogen-bond acceptors (Lipinski definition) is 7. The summed E-state index contributed by atoms with van der Waals surface area (Å²) in [6.07, 6.45) is 17.3. The predicted molar refractivity (Wildman–Crippen MR) is 160 cm³/mol. The lowest BCUT2D eigenvalue weighted by atomic mass is 9.98. The Labute approximate surface area is 235 Å². The number of carbonyl (C=O) groups is 1. The molecule has 1 aromatic carbocycles. The average molecular weight is 545 g/mol. The highest BCUT2D eigenvalue weighted by Crippen LogP contribution is 2.28. The van der Waals surface area contributed by atoms with Crippen molar-refractivity contribution in [1.82, 2.24) is 34.4 Å². The minimum atomic E-state index is -0.647. The molecule has 0 saturated carbocycles. The van der Waals surface area contributed by atoms with Crippen LogP contribution in [0.15, 0.2) is 84.2 Å². The molecule has 4 heterocycles. The Morgan fingerprint density at radius 1 is 1.17 bits per heavy atom. The topological polar surface area (TPSA) is 133 Å². The maximum Gasteiger partial charge on any atom is 0.266 e. The fraction of sp³-hybridized carbons (Fsp3) is 0.161. The highest BCUT2D eigenvalue weighted by Gasteiger charge is 2.26. The highest BCUT2D eigenvalue weighted by molar-refractivity contribution is 6.04. The molecule has 5 aromatic rings. The number of fused-ring (bicyclic) bond motifs is 2. The molecular formula is C31H28N8O2. The molecule has 204 valence electrons. The van der Waals surface area contributed by atoms with Crippen LogP contribution in [0.25, 0.3) is 34.4 Å². The van der Waals surface area contributed by atoms with Crippen LogP contribution in [0.4, 0.5) is 5.82 Å². The number of nitrogen functional groups attached to an aromatic ring is 1. The highest BCUT2D eigenvalue weighted by atomic mass is 16.2. The number of hydrogen-bond donors (Lipinski definition) is 2. The third-order valence-corrected chi connectivity index (χ3v) is 7.14. The van der Waals surface area contributed by atoms with Gasteiger partial charge in [-0.1, -0.05) is 49.4 Å². The molecular weight excluding hydrogens is 516 g/mol. The molecule has 41 heavy (non-hydrogen) atoms. The number of allylic oxidation sites excluding steroid dienone is 4. The van der Waals surface area contributed by atoms with Crippen LogP contribution in [0, 0.1) is 5.92 Å². The fourth-order valence-electron chi connectivity index (χ4n) is 5.10. The lowest BCUT2D eigenvalue weighted by molar-refractivity contribution is 0.0940. The van der Waals surface area contributed by atoms with E-state index in [9.17, 15) is 9.59 Å². The van der Waals surface area contributed by atoms with Crippen molar-refractivity contribution in [3.63, 3.8) is 0 Å². The first-order valence-electron chi connectivity index (χ1n) is 13.3. The third kappa shape index (κ3) is 4.80. The van der Waals surface area contributed by atoms with Gasteiger partial charge >= 0.3 is 0 Å². The molecule has 0 aliphatic heterocycles. The number of nitrogens with zero attached hydrogens (tertiary/aromatic N) is 6. The lowest BCUT2D eigenvalue weighted by Gasteiger charge is -2.25. The number of nitrogens with one attached hydrogen (secondary N) is 1. The van der Waals surface area contributed by atoms with Crippen LogP contribution >= 0.6 is 0 Å². The molecule has 1 aliphatic rings. The molecule has 10 nitrogen and oxygen atoms in total. The maximum atomic E-state index is 14.3. The number of amides is 1. The standard InChI is InChI=1S/C31H28N8O2/c1-19-8-3-4-12-24(19)39-28(20(2)35-30(40)26-27(32)37-38-17-7-16-34-29(26)38)36-23-11-5-10-22(25(23)31(39)41)14-13-21-9-6-15-33-18-21/h3-7,9-20H,8H2,1-2H3,(H2,32,37)(H,35,40)/b14-13+/t19?,20-/m1/s1. The van der Waals surface area contributed by atoms with E-state index in [2.05, 4.69) is 33.4 Å². The number of benzene rings is 1. The summed E-state index contributed by atoms with van der Waals surface area (Å²) in [5, 5.41) is 7.66. The van der Waals surface area contributed by atoms with Crippen LogP contribution in [0.2, 0.25) is 0 Å². The Balaban J connectivity index is 1.47. The second-order valence-electron chi connectivity index (χ2n) is 9.97. The molecule has 0 fully saturated rings. The van der Waals surface area contributed by atoms with Crippen LogP contribution < -0.4 is 16.6 Å². The van der Waals surface area contributed by atoms with Crippen LogP contribution in [0.5, 0.6) is 0 Å². The first-order chi connectivity index (χ1) is 19.9. The van der Waals surface area contributed by atoms with Gasteiger partial charge in [0, 0.05) is 36.4 Å². The van der Waals surface area contributed by atoms with Crippen molar-refractivity contribution in [3.05, 3.63) is 112 Å². The zero-order valence-corrected chi connectivity index (χ0v) is 22.6. The maximum absolute atomic E-state index is 14.3. The monoisotopic (exact) mass is 544 g/mol. The fourth-order valence-corrected chi connectivity index (χ4v) is 5.10. The SMILES string of the molecule is CC1CC=CC=C1n1c([C@@H](C)NC(=O)c2c(N)nn3cccnc23)nc2cccc(/C=C/c3cccnc3)c2c1=O. The van der Waals surface area contributed by atoms with Gasteiger partial charge in [0.25, 0.3) is 11.5 Å². The van der Waals surface area contributed by atoms with Crippen molar-refractivity contribution in [1.29, 1.82) is 0 Å². The van der Waals surface area contributed by atoms with Gasteiger partial charge in [-0.25, -0.2) is 14.5 Å². The molecule has 10 heteroatoms. The zero-order valence-electron chi connectivity index (χ0n) is 22.6. The van der Waals surface area contributed by atoms with Gasteiger partial charge in [0.05, 0.1) is 16.9 Å². The quantitative estimate of drug-likeness (QED) is 0.321. The number of carbonyl (C=O) groups excluding carboxylic acids is 1. The summed E-state index contributed by atoms with van der Waals surface area (Å²) >= 11 is 0. The Morgan fingerprint density at radius 2 is 2.05 bits per heavy atom. The summed E-state index contributed by atoms with van der Waals surface area (Å²) < 4.78 is 3.10. The van der Waals surface area contributed by atoms with E-state index in [0.717, 1.165) is 23.2 Å². The second-order valence-corrected chi connectivity index (χ2v) is 9.97. The molecule has 4 aromatic heterocycles. The van der Waals surface area contributed by atoms with E-state index in [1.807, 2.05) is 54.6 Å². The molecule has 1 aliphatic carbocycles. The minimum absolute atomic E-state index is 0.0658. The largest absolute Gasteiger partial charge is 0.381 e. The number of nitrogens with two attached hydrogens (primary N) is 1. The van der Waals surface area contributed by atoms with E-state index < -0.39 is 11.9 Å². The van der Waals surface area contributed by atoms with Crippen LogP contribution in [0.1, 0.15) is 53.6 Å². The first kappa shape index (κ1) is 25.9. The molecule has 1 amide bonds. The van der Waals surface area contributed by atoms with Gasteiger partial charge in [-0.15, -0.1) is 5.10 Å². The normalized spacial score (nSPS) is 15.9. The van der Waals surface area contributed by atoms with Gasteiger partial charge in [0.1, 0.15) is 11.4 Å². The van der Waals surface area contributed by atoms with Gasteiger partial charge in [-0.05, 0) is 48.7 Å². The van der Waals surface area contributed by atoms with Crippen molar-refractivity contribution in [2.75, 3.05) is 5.73 Å². The summed E-state index contributed by atoms with van der Waals surface area (Å²) in [4.78, 5) is 41.2. The summed E-state index contributed by atoms with van der Waals surface area (Å²) in [6.45, 7) is 3.87. The molecule has 3 N–H and O–H groups in total. The predicted octanol–water partition coefficient (Wildman–Crippen LogP) is 4.51. The van der Waals surface area contributed by atoms with E-state index in [4.69, 9.17) is 10.7 Å². The smallest absolute Gasteiger partial charge is 0.266 e. The molecule has 0 radical (unpaired) electrons. The number of rotatable bonds is 6. The Kier molecular flexibility index (Phi) is 6.72. The molecule has 6 rings (SSSR count). The molecule has 1 unspecified atom stereocenters. The van der Waals surface area contributed by atoms with E-state index in [1.54, 1.807) is 42.3 Å². The van der Waals surface area contributed by atoms with Gasteiger partial charge < -0.3 is 11.1 Å². The number of pyridine rings is 1. The average Bonchev–Trinajstić information content (AvgIpc) is 3.32. The van der Waals surface area contributed by atoms with E-state index in [0.29, 0.717) is 22.4 Å². The molecule has 0 saturated heterocycles. The Hall–Kier alpha value is -5.38. The van der Waals surface area contributed by atoms with E-state index >= 15 is 0 Å². The zero-order chi connectivity index (χ0) is 28.5. The van der Waals surface area contributed by atoms with Crippen LogP contribution in [0.3, 0.4) is 0 Å².